The molecular formula is C20H20ClFN4O3S. The van der Waals surface area contributed by atoms with Gasteiger partial charge < -0.3 is 5.32 Å². The Labute approximate surface area is 179 Å². The van der Waals surface area contributed by atoms with Gasteiger partial charge in [0, 0.05) is 14.1 Å². The molecule has 3 rings (SSSR count). The fourth-order valence-electron chi connectivity index (χ4n) is 2.86. The lowest BCUT2D eigenvalue weighted by atomic mass is 10.2. The van der Waals surface area contributed by atoms with Crippen molar-refractivity contribution >= 4 is 33.2 Å². The normalized spacial score (nSPS) is 11.7. The number of anilines is 1. The Morgan fingerprint density at radius 2 is 1.80 bits per heavy atom. The van der Waals surface area contributed by atoms with Crippen molar-refractivity contribution in [1.82, 2.24) is 14.1 Å². The van der Waals surface area contributed by atoms with Gasteiger partial charge in [0.15, 0.2) is 0 Å². The molecule has 0 aliphatic heterocycles. The van der Waals surface area contributed by atoms with Gasteiger partial charge in [0.25, 0.3) is 5.91 Å². The van der Waals surface area contributed by atoms with Crippen LogP contribution in [-0.2, 0) is 16.6 Å². The quantitative estimate of drug-likeness (QED) is 0.622. The molecule has 0 saturated heterocycles. The highest BCUT2D eigenvalue weighted by Crippen LogP contribution is 2.26. The predicted octanol–water partition coefficient (Wildman–Crippen LogP) is 3.53. The second kappa shape index (κ2) is 8.55. The van der Waals surface area contributed by atoms with E-state index in [1.54, 1.807) is 31.2 Å². The number of aryl methyl sites for hydroxylation is 1. The molecule has 158 valence electrons. The molecule has 0 spiro atoms. The monoisotopic (exact) mass is 450 g/mol. The Balaban J connectivity index is 1.91. The van der Waals surface area contributed by atoms with Gasteiger partial charge in [-0.25, -0.2) is 21.8 Å². The van der Waals surface area contributed by atoms with Gasteiger partial charge >= 0.3 is 0 Å². The number of carbonyl (C=O) groups is 1. The highest BCUT2D eigenvalue weighted by Gasteiger charge is 2.25. The third-order valence-corrected chi connectivity index (χ3v) is 6.69. The molecule has 1 amide bonds. The molecule has 0 radical (unpaired) electrons. The van der Waals surface area contributed by atoms with Crippen LogP contribution in [-0.4, -0.2) is 42.5 Å². The number of aromatic nitrogens is 2. The number of sulfonamides is 1. The summed E-state index contributed by atoms with van der Waals surface area (Å²) in [6.07, 6.45) is 0. The summed E-state index contributed by atoms with van der Waals surface area (Å²) in [5, 5.41) is 7.01. The van der Waals surface area contributed by atoms with Crippen LogP contribution in [0.25, 0.3) is 0 Å². The van der Waals surface area contributed by atoms with E-state index in [1.165, 1.54) is 43.0 Å². The standard InChI is InChI=1S/C20H20ClFN4O3S/c1-13-18(19(21)26(24-13)12-14-8-10-15(22)11-9-14)20(27)23-16-6-4-5-7-17(16)30(28,29)25(2)3/h4-11H,12H2,1-3H3,(H,23,27). The first-order chi connectivity index (χ1) is 14.1. The van der Waals surface area contributed by atoms with Crippen LogP contribution in [0.5, 0.6) is 0 Å². The molecule has 2 aromatic carbocycles. The summed E-state index contributed by atoms with van der Waals surface area (Å²) >= 11 is 6.39. The van der Waals surface area contributed by atoms with Crippen molar-refractivity contribution < 1.29 is 17.6 Å². The summed E-state index contributed by atoms with van der Waals surface area (Å²) in [7, 11) is -0.938. The van der Waals surface area contributed by atoms with Crippen molar-refractivity contribution in [2.45, 2.75) is 18.4 Å². The van der Waals surface area contributed by atoms with Crippen LogP contribution >= 0.6 is 11.6 Å². The molecule has 0 aliphatic carbocycles. The van der Waals surface area contributed by atoms with E-state index in [1.807, 2.05) is 0 Å². The largest absolute Gasteiger partial charge is 0.321 e. The fourth-order valence-corrected chi connectivity index (χ4v) is 4.22. The van der Waals surface area contributed by atoms with Gasteiger partial charge in [0.05, 0.1) is 23.5 Å². The molecule has 1 N–H and O–H groups in total. The second-order valence-electron chi connectivity index (χ2n) is 6.77. The zero-order chi connectivity index (χ0) is 22.1. The Morgan fingerprint density at radius 3 is 2.43 bits per heavy atom. The van der Waals surface area contributed by atoms with Gasteiger partial charge in [-0.3, -0.25) is 4.79 Å². The average molecular weight is 451 g/mol. The van der Waals surface area contributed by atoms with Gasteiger partial charge in [0.2, 0.25) is 10.0 Å². The Bertz CT molecular complexity index is 1190. The van der Waals surface area contributed by atoms with E-state index in [0.717, 1.165) is 9.87 Å². The maximum absolute atomic E-state index is 13.1. The number of rotatable bonds is 6. The fraction of sp³-hybridized carbons (Fsp3) is 0.200. The molecule has 10 heteroatoms. The molecule has 0 fully saturated rings. The molecule has 0 bridgehead atoms. The topological polar surface area (TPSA) is 84.3 Å². The van der Waals surface area contributed by atoms with Crippen LogP contribution in [0.15, 0.2) is 53.4 Å². The minimum Gasteiger partial charge on any atom is -0.321 e. The number of carbonyl (C=O) groups excluding carboxylic acids is 1. The Kier molecular flexibility index (Phi) is 6.25. The minimum atomic E-state index is -3.76. The number of nitrogens with zero attached hydrogens (tertiary/aromatic N) is 3. The smallest absolute Gasteiger partial charge is 0.260 e. The molecule has 1 heterocycles. The van der Waals surface area contributed by atoms with Gasteiger partial charge in [0.1, 0.15) is 15.9 Å². The third kappa shape index (κ3) is 4.38. The first-order valence-corrected chi connectivity index (χ1v) is 10.7. The second-order valence-corrected chi connectivity index (χ2v) is 9.25. The SMILES string of the molecule is Cc1nn(Cc2ccc(F)cc2)c(Cl)c1C(=O)Nc1ccccc1S(=O)(=O)N(C)C. The number of hydrogen-bond donors (Lipinski definition) is 1. The molecule has 0 saturated carbocycles. The molecule has 30 heavy (non-hydrogen) atoms. The van der Waals surface area contributed by atoms with Crippen molar-refractivity contribution in [2.24, 2.45) is 0 Å². The van der Waals surface area contributed by atoms with E-state index < -0.39 is 15.9 Å². The van der Waals surface area contributed by atoms with Crippen molar-refractivity contribution in [1.29, 1.82) is 0 Å². The summed E-state index contributed by atoms with van der Waals surface area (Å²) < 4.78 is 40.7. The van der Waals surface area contributed by atoms with Crippen molar-refractivity contribution in [3.05, 3.63) is 76.3 Å². The van der Waals surface area contributed by atoms with E-state index >= 15 is 0 Å². The van der Waals surface area contributed by atoms with Crippen LogP contribution in [0.2, 0.25) is 5.15 Å². The van der Waals surface area contributed by atoms with Crippen LogP contribution in [0, 0.1) is 12.7 Å². The van der Waals surface area contributed by atoms with E-state index in [0.29, 0.717) is 5.69 Å². The number of hydrogen-bond acceptors (Lipinski definition) is 4. The van der Waals surface area contributed by atoms with Gasteiger partial charge in [-0.05, 0) is 36.8 Å². The first-order valence-electron chi connectivity index (χ1n) is 8.91. The summed E-state index contributed by atoms with van der Waals surface area (Å²) in [5.41, 5.74) is 1.41. The number of amides is 1. The molecule has 0 aliphatic rings. The van der Waals surface area contributed by atoms with Crippen LogP contribution in [0.4, 0.5) is 10.1 Å². The zero-order valence-electron chi connectivity index (χ0n) is 16.6. The first kappa shape index (κ1) is 21.9. The number of halogens is 2. The molecule has 0 unspecified atom stereocenters. The summed E-state index contributed by atoms with van der Waals surface area (Å²) in [6.45, 7) is 1.88. The van der Waals surface area contributed by atoms with Crippen LogP contribution in [0.1, 0.15) is 21.6 Å². The van der Waals surface area contributed by atoms with Crippen LogP contribution < -0.4 is 5.32 Å². The maximum atomic E-state index is 13.1. The van der Waals surface area contributed by atoms with E-state index in [2.05, 4.69) is 10.4 Å². The summed E-state index contributed by atoms with van der Waals surface area (Å²) in [5.74, 6) is -0.933. The molecule has 3 aromatic rings. The van der Waals surface area contributed by atoms with E-state index in [4.69, 9.17) is 11.6 Å². The van der Waals surface area contributed by atoms with E-state index in [-0.39, 0.29) is 33.7 Å². The summed E-state index contributed by atoms with van der Waals surface area (Å²) in [4.78, 5) is 12.9. The van der Waals surface area contributed by atoms with Crippen molar-refractivity contribution in [3.63, 3.8) is 0 Å². The molecule has 7 nitrogen and oxygen atoms in total. The lowest BCUT2D eigenvalue weighted by Gasteiger charge is -2.15. The Morgan fingerprint density at radius 1 is 1.17 bits per heavy atom. The molecule has 0 atom stereocenters. The van der Waals surface area contributed by atoms with Gasteiger partial charge in [-0.2, -0.15) is 5.10 Å². The van der Waals surface area contributed by atoms with E-state index in [9.17, 15) is 17.6 Å². The average Bonchev–Trinajstić information content (AvgIpc) is 2.97. The highest BCUT2D eigenvalue weighted by atomic mass is 35.5. The van der Waals surface area contributed by atoms with Crippen LogP contribution in [0.3, 0.4) is 0 Å². The third-order valence-electron chi connectivity index (χ3n) is 4.43. The lowest BCUT2D eigenvalue weighted by Crippen LogP contribution is -2.24. The number of para-hydroxylation sites is 1. The molecule has 1 aromatic heterocycles. The highest BCUT2D eigenvalue weighted by molar-refractivity contribution is 7.89. The van der Waals surface area contributed by atoms with Crippen molar-refractivity contribution in [2.75, 3.05) is 19.4 Å². The zero-order valence-corrected chi connectivity index (χ0v) is 18.1. The minimum absolute atomic E-state index is 0.0316. The maximum Gasteiger partial charge on any atom is 0.260 e. The van der Waals surface area contributed by atoms with Crippen molar-refractivity contribution in [3.8, 4) is 0 Å². The number of benzene rings is 2. The van der Waals surface area contributed by atoms with Gasteiger partial charge in [-0.15, -0.1) is 0 Å². The predicted molar refractivity (Wildman–Crippen MR) is 113 cm³/mol. The lowest BCUT2D eigenvalue weighted by molar-refractivity contribution is 0.102. The summed E-state index contributed by atoms with van der Waals surface area (Å²) in [6, 6.07) is 12.0. The number of nitrogens with one attached hydrogen (secondary N) is 1. The molecular weight excluding hydrogens is 431 g/mol. The Hall–Kier alpha value is -2.75. The van der Waals surface area contributed by atoms with Gasteiger partial charge in [-0.1, -0.05) is 35.9 Å².